The van der Waals surface area contributed by atoms with Crippen LogP contribution in [0.3, 0.4) is 0 Å². The number of rotatable bonds is 1. The number of hydrogen-bond donors (Lipinski definition) is 3. The maximum atomic E-state index is 9.38. The average molecular weight is 204 g/mol. The SMILES string of the molecule is CC1=CNC=NC1c1ccc(O)c(O)c1. The molecule has 2 rings (SSSR count). The number of hydrogen-bond acceptors (Lipinski definition) is 4. The summed E-state index contributed by atoms with van der Waals surface area (Å²) in [5, 5.41) is 21.5. The first-order valence-corrected chi connectivity index (χ1v) is 4.65. The summed E-state index contributed by atoms with van der Waals surface area (Å²) in [7, 11) is 0. The van der Waals surface area contributed by atoms with Gasteiger partial charge in [0, 0.05) is 6.20 Å². The largest absolute Gasteiger partial charge is 0.504 e. The molecule has 1 heterocycles. The molecule has 1 aliphatic heterocycles. The van der Waals surface area contributed by atoms with E-state index in [1.54, 1.807) is 12.4 Å². The van der Waals surface area contributed by atoms with Gasteiger partial charge in [-0.05, 0) is 30.2 Å². The van der Waals surface area contributed by atoms with Gasteiger partial charge in [0.05, 0.1) is 12.4 Å². The van der Waals surface area contributed by atoms with Gasteiger partial charge in [0.15, 0.2) is 11.5 Å². The summed E-state index contributed by atoms with van der Waals surface area (Å²) in [6.07, 6.45) is 3.48. The second-order valence-electron chi connectivity index (χ2n) is 3.48. The van der Waals surface area contributed by atoms with Crippen LogP contribution in [0.4, 0.5) is 0 Å². The van der Waals surface area contributed by atoms with Crippen LogP contribution in [0, 0.1) is 0 Å². The summed E-state index contributed by atoms with van der Waals surface area (Å²) in [6.45, 7) is 1.96. The fourth-order valence-corrected chi connectivity index (χ4v) is 1.54. The second-order valence-corrected chi connectivity index (χ2v) is 3.48. The summed E-state index contributed by atoms with van der Waals surface area (Å²) in [6, 6.07) is 4.66. The van der Waals surface area contributed by atoms with Gasteiger partial charge in [-0.1, -0.05) is 6.07 Å². The maximum Gasteiger partial charge on any atom is 0.157 e. The number of nitrogens with zero attached hydrogens (tertiary/aromatic N) is 1. The fraction of sp³-hybridized carbons (Fsp3) is 0.182. The summed E-state index contributed by atoms with van der Waals surface area (Å²) in [5.41, 5.74) is 1.92. The van der Waals surface area contributed by atoms with Crippen LogP contribution in [0.1, 0.15) is 18.5 Å². The summed E-state index contributed by atoms with van der Waals surface area (Å²) >= 11 is 0. The van der Waals surface area contributed by atoms with Crippen LogP contribution < -0.4 is 5.32 Å². The Labute approximate surface area is 87.6 Å². The van der Waals surface area contributed by atoms with Crippen molar-refractivity contribution in [3.63, 3.8) is 0 Å². The summed E-state index contributed by atoms with van der Waals surface area (Å²) < 4.78 is 0. The Bertz CT molecular complexity index is 438. The van der Waals surface area contributed by atoms with Crippen molar-refractivity contribution >= 4 is 6.34 Å². The van der Waals surface area contributed by atoms with E-state index in [0.29, 0.717) is 0 Å². The van der Waals surface area contributed by atoms with Gasteiger partial charge in [-0.2, -0.15) is 0 Å². The first-order chi connectivity index (χ1) is 7.18. The molecule has 1 aliphatic rings. The van der Waals surface area contributed by atoms with Gasteiger partial charge in [-0.3, -0.25) is 4.99 Å². The van der Waals surface area contributed by atoms with Crippen molar-refractivity contribution in [2.24, 2.45) is 4.99 Å². The number of phenols is 2. The monoisotopic (exact) mass is 204 g/mol. The molecule has 0 aliphatic carbocycles. The van der Waals surface area contributed by atoms with Gasteiger partial charge < -0.3 is 15.5 Å². The number of benzene rings is 1. The van der Waals surface area contributed by atoms with E-state index in [2.05, 4.69) is 10.3 Å². The first-order valence-electron chi connectivity index (χ1n) is 4.65. The molecular formula is C11H12N2O2. The molecule has 15 heavy (non-hydrogen) atoms. The van der Waals surface area contributed by atoms with Crippen molar-refractivity contribution in [2.75, 3.05) is 0 Å². The van der Waals surface area contributed by atoms with Gasteiger partial charge >= 0.3 is 0 Å². The van der Waals surface area contributed by atoms with Crippen molar-refractivity contribution in [2.45, 2.75) is 13.0 Å². The normalized spacial score (nSPS) is 19.5. The Hall–Kier alpha value is -1.97. The highest BCUT2D eigenvalue weighted by Crippen LogP contribution is 2.32. The zero-order valence-electron chi connectivity index (χ0n) is 8.31. The lowest BCUT2D eigenvalue weighted by Gasteiger charge is -2.17. The number of phenolic OH excluding ortho intramolecular Hbond substituents is 2. The van der Waals surface area contributed by atoms with E-state index < -0.39 is 0 Å². The quantitative estimate of drug-likeness (QED) is 0.610. The van der Waals surface area contributed by atoms with Crippen LogP contribution in [-0.4, -0.2) is 16.6 Å². The van der Waals surface area contributed by atoms with Gasteiger partial charge in [0.25, 0.3) is 0 Å². The molecule has 78 valence electrons. The second kappa shape index (κ2) is 3.65. The first kappa shape index (κ1) is 9.58. The van der Waals surface area contributed by atoms with Crippen molar-refractivity contribution in [3.05, 3.63) is 35.5 Å². The highest BCUT2D eigenvalue weighted by atomic mass is 16.3. The molecule has 0 saturated carbocycles. The Morgan fingerprint density at radius 2 is 2.07 bits per heavy atom. The predicted molar refractivity (Wildman–Crippen MR) is 57.9 cm³/mol. The molecule has 0 saturated heterocycles. The minimum atomic E-state index is -0.117. The Morgan fingerprint density at radius 3 is 2.73 bits per heavy atom. The van der Waals surface area contributed by atoms with E-state index >= 15 is 0 Å². The fourth-order valence-electron chi connectivity index (χ4n) is 1.54. The van der Waals surface area contributed by atoms with Crippen LogP contribution in [0.25, 0.3) is 0 Å². The van der Waals surface area contributed by atoms with Crippen LogP contribution in [0.5, 0.6) is 11.5 Å². The third kappa shape index (κ3) is 1.79. The molecule has 0 aromatic heterocycles. The number of aromatic hydroxyl groups is 2. The zero-order valence-corrected chi connectivity index (χ0v) is 8.31. The lowest BCUT2D eigenvalue weighted by molar-refractivity contribution is 0.403. The van der Waals surface area contributed by atoms with Crippen molar-refractivity contribution < 1.29 is 10.2 Å². The van der Waals surface area contributed by atoms with Crippen molar-refractivity contribution in [3.8, 4) is 11.5 Å². The maximum absolute atomic E-state index is 9.38. The molecule has 1 aromatic rings. The number of aliphatic imine (C=N–C) groups is 1. The van der Waals surface area contributed by atoms with Gasteiger partial charge in [-0.15, -0.1) is 0 Å². The van der Waals surface area contributed by atoms with E-state index in [4.69, 9.17) is 0 Å². The molecule has 3 N–H and O–H groups in total. The molecule has 4 heteroatoms. The Balaban J connectivity index is 2.37. The predicted octanol–water partition coefficient (Wildman–Crippen LogP) is 1.67. The third-order valence-electron chi connectivity index (χ3n) is 2.36. The van der Waals surface area contributed by atoms with Crippen LogP contribution in [-0.2, 0) is 0 Å². The lowest BCUT2D eigenvalue weighted by Crippen LogP contribution is -2.12. The zero-order chi connectivity index (χ0) is 10.8. The standard InChI is InChI=1S/C11H12N2O2/c1-7-5-12-6-13-11(7)8-2-3-9(14)10(15)4-8/h2-6,11,14-15H,1H3,(H,12,13). The number of nitrogens with one attached hydrogen (secondary N) is 1. The molecule has 1 aromatic carbocycles. The Kier molecular flexibility index (Phi) is 2.33. The molecule has 0 amide bonds. The minimum Gasteiger partial charge on any atom is -0.504 e. The summed E-state index contributed by atoms with van der Waals surface area (Å²) in [4.78, 5) is 4.25. The van der Waals surface area contributed by atoms with E-state index in [0.717, 1.165) is 11.1 Å². The molecular weight excluding hydrogens is 192 g/mol. The highest BCUT2D eigenvalue weighted by molar-refractivity contribution is 5.60. The summed E-state index contributed by atoms with van der Waals surface area (Å²) in [5.74, 6) is -0.229. The lowest BCUT2D eigenvalue weighted by atomic mass is 10.00. The van der Waals surface area contributed by atoms with Crippen molar-refractivity contribution in [1.82, 2.24) is 5.32 Å². The Morgan fingerprint density at radius 1 is 1.27 bits per heavy atom. The molecule has 1 atom stereocenters. The molecule has 0 spiro atoms. The van der Waals surface area contributed by atoms with Crippen LogP contribution in [0.15, 0.2) is 35.0 Å². The molecule has 0 bridgehead atoms. The molecule has 4 nitrogen and oxygen atoms in total. The van der Waals surface area contributed by atoms with Gasteiger partial charge in [-0.25, -0.2) is 0 Å². The van der Waals surface area contributed by atoms with E-state index in [-0.39, 0.29) is 17.5 Å². The molecule has 0 fully saturated rings. The topological polar surface area (TPSA) is 64.9 Å². The smallest absolute Gasteiger partial charge is 0.157 e. The van der Waals surface area contributed by atoms with E-state index in [1.807, 2.05) is 13.1 Å². The van der Waals surface area contributed by atoms with Crippen LogP contribution in [0.2, 0.25) is 0 Å². The molecule has 1 unspecified atom stereocenters. The van der Waals surface area contributed by atoms with Crippen molar-refractivity contribution in [1.29, 1.82) is 0 Å². The van der Waals surface area contributed by atoms with Crippen LogP contribution >= 0.6 is 0 Å². The molecule has 0 radical (unpaired) electrons. The third-order valence-corrected chi connectivity index (χ3v) is 2.36. The van der Waals surface area contributed by atoms with Gasteiger partial charge in [0.2, 0.25) is 0 Å². The van der Waals surface area contributed by atoms with E-state index in [9.17, 15) is 10.2 Å². The van der Waals surface area contributed by atoms with Gasteiger partial charge in [0.1, 0.15) is 0 Å². The minimum absolute atomic E-state index is 0.0854. The highest BCUT2D eigenvalue weighted by Gasteiger charge is 2.15. The van der Waals surface area contributed by atoms with E-state index in [1.165, 1.54) is 12.1 Å². The average Bonchev–Trinajstić information content (AvgIpc) is 2.23.